The molecule has 0 atom stereocenters. The second-order valence-electron chi connectivity index (χ2n) is 8.16. The zero-order chi connectivity index (χ0) is 21.8. The quantitative estimate of drug-likeness (QED) is 0.342. The van der Waals surface area contributed by atoms with Gasteiger partial charge >= 0.3 is 0 Å². The predicted octanol–water partition coefficient (Wildman–Crippen LogP) is 5.12. The van der Waals surface area contributed by atoms with Gasteiger partial charge in [-0.15, -0.1) is 0 Å². The highest BCUT2D eigenvalue weighted by atomic mass is 15.5. The second kappa shape index (κ2) is 9.20. The van der Waals surface area contributed by atoms with Crippen LogP contribution in [0.5, 0.6) is 0 Å². The van der Waals surface area contributed by atoms with Gasteiger partial charge in [0, 0.05) is 29.2 Å². The van der Waals surface area contributed by atoms with Crippen LogP contribution >= 0.6 is 0 Å². The van der Waals surface area contributed by atoms with E-state index in [1.165, 1.54) is 27.6 Å². The van der Waals surface area contributed by atoms with Gasteiger partial charge in [-0.05, 0) is 37.1 Å². The summed E-state index contributed by atoms with van der Waals surface area (Å²) in [5, 5.41) is 14.5. The molecule has 0 bridgehead atoms. The van der Waals surface area contributed by atoms with Crippen LogP contribution in [-0.2, 0) is 19.5 Å². The van der Waals surface area contributed by atoms with Gasteiger partial charge in [0.1, 0.15) is 11.4 Å². The number of aromatic nitrogens is 4. The number of H-pyrrole nitrogens is 1. The maximum Gasteiger partial charge on any atom is 0.117 e. The lowest BCUT2D eigenvalue weighted by molar-refractivity contribution is 0.577. The predicted molar refractivity (Wildman–Crippen MR) is 129 cm³/mol. The molecule has 0 amide bonds. The third kappa shape index (κ3) is 4.48. The molecular formula is C27H27N5. The Labute approximate surface area is 188 Å². The van der Waals surface area contributed by atoms with Gasteiger partial charge < -0.3 is 10.3 Å². The van der Waals surface area contributed by atoms with E-state index in [0.29, 0.717) is 13.1 Å². The molecule has 160 valence electrons. The van der Waals surface area contributed by atoms with Gasteiger partial charge in [0.15, 0.2) is 0 Å². The fourth-order valence-electron chi connectivity index (χ4n) is 4.02. The Balaban J connectivity index is 1.30. The Hall–Kier alpha value is -3.70. The monoisotopic (exact) mass is 421 g/mol. The minimum atomic E-state index is 0.662. The van der Waals surface area contributed by atoms with Gasteiger partial charge in [0.25, 0.3) is 0 Å². The van der Waals surface area contributed by atoms with Crippen molar-refractivity contribution in [3.63, 3.8) is 0 Å². The summed E-state index contributed by atoms with van der Waals surface area (Å²) in [7, 11) is 0. The average molecular weight is 422 g/mol. The Kier molecular flexibility index (Phi) is 5.81. The molecule has 32 heavy (non-hydrogen) atoms. The normalized spacial score (nSPS) is 11.3. The molecule has 0 radical (unpaired) electrons. The molecule has 0 unspecified atom stereocenters. The maximum absolute atomic E-state index is 4.83. The highest BCUT2D eigenvalue weighted by Crippen LogP contribution is 2.21. The Morgan fingerprint density at radius 1 is 0.875 bits per heavy atom. The molecule has 0 aliphatic heterocycles. The molecule has 0 fully saturated rings. The highest BCUT2D eigenvalue weighted by molar-refractivity contribution is 5.83. The number of nitrogens with one attached hydrogen (secondary N) is 2. The van der Waals surface area contributed by atoms with Gasteiger partial charge in [-0.25, -0.2) is 0 Å². The number of para-hydroxylation sites is 1. The minimum Gasteiger partial charge on any atom is -0.361 e. The van der Waals surface area contributed by atoms with Gasteiger partial charge in [-0.1, -0.05) is 78.4 Å². The minimum absolute atomic E-state index is 0.662. The van der Waals surface area contributed by atoms with Crippen molar-refractivity contribution in [2.24, 2.45) is 0 Å². The van der Waals surface area contributed by atoms with Crippen LogP contribution in [0.15, 0.2) is 85.1 Å². The van der Waals surface area contributed by atoms with Crippen LogP contribution in [0.1, 0.15) is 22.4 Å². The summed E-state index contributed by atoms with van der Waals surface area (Å²) < 4.78 is 0. The molecule has 0 saturated heterocycles. The molecule has 0 saturated carbocycles. The van der Waals surface area contributed by atoms with Crippen molar-refractivity contribution in [3.8, 4) is 11.3 Å². The van der Waals surface area contributed by atoms with Crippen molar-refractivity contribution in [1.82, 2.24) is 25.3 Å². The van der Waals surface area contributed by atoms with Crippen molar-refractivity contribution < 1.29 is 0 Å². The number of hydrogen-bond acceptors (Lipinski definition) is 3. The van der Waals surface area contributed by atoms with E-state index in [2.05, 4.69) is 84.1 Å². The largest absolute Gasteiger partial charge is 0.361 e. The summed E-state index contributed by atoms with van der Waals surface area (Å²) in [5.74, 6) is 0. The lowest BCUT2D eigenvalue weighted by Gasteiger charge is -2.04. The number of fused-ring (bicyclic) bond motifs is 1. The number of nitrogens with zero attached hydrogens (tertiary/aromatic N) is 3. The van der Waals surface area contributed by atoms with Crippen molar-refractivity contribution >= 4 is 10.9 Å². The molecule has 0 aliphatic carbocycles. The molecule has 2 heterocycles. The molecule has 2 aromatic heterocycles. The van der Waals surface area contributed by atoms with E-state index in [1.54, 1.807) is 0 Å². The van der Waals surface area contributed by atoms with Gasteiger partial charge in [-0.3, -0.25) is 0 Å². The number of aryl methyl sites for hydroxylation is 1. The Morgan fingerprint density at radius 2 is 1.66 bits per heavy atom. The topological polar surface area (TPSA) is 58.5 Å². The first-order chi connectivity index (χ1) is 15.8. The molecule has 3 aromatic carbocycles. The van der Waals surface area contributed by atoms with Crippen LogP contribution in [0.3, 0.4) is 0 Å². The zero-order valence-electron chi connectivity index (χ0n) is 18.3. The van der Waals surface area contributed by atoms with Gasteiger partial charge in [0.2, 0.25) is 0 Å². The van der Waals surface area contributed by atoms with E-state index in [-0.39, 0.29) is 0 Å². The van der Waals surface area contributed by atoms with Crippen LogP contribution < -0.4 is 5.32 Å². The van der Waals surface area contributed by atoms with Crippen molar-refractivity contribution in [1.29, 1.82) is 0 Å². The summed E-state index contributed by atoms with van der Waals surface area (Å²) in [5.41, 5.74) is 7.99. The van der Waals surface area contributed by atoms with Crippen LogP contribution in [0, 0.1) is 6.92 Å². The average Bonchev–Trinajstić information content (AvgIpc) is 3.43. The van der Waals surface area contributed by atoms with E-state index in [9.17, 15) is 0 Å². The molecule has 5 rings (SSSR count). The summed E-state index contributed by atoms with van der Waals surface area (Å²) in [6.07, 6.45) is 3.07. The summed E-state index contributed by atoms with van der Waals surface area (Å²) >= 11 is 0. The number of benzene rings is 3. The first-order valence-corrected chi connectivity index (χ1v) is 11.1. The third-order valence-electron chi connectivity index (χ3n) is 5.76. The Morgan fingerprint density at radius 3 is 2.50 bits per heavy atom. The van der Waals surface area contributed by atoms with Gasteiger partial charge in [-0.2, -0.15) is 15.0 Å². The van der Waals surface area contributed by atoms with Crippen molar-refractivity contribution in [2.75, 3.05) is 6.54 Å². The molecule has 5 nitrogen and oxygen atoms in total. The van der Waals surface area contributed by atoms with Crippen LogP contribution in [0.2, 0.25) is 0 Å². The highest BCUT2D eigenvalue weighted by Gasteiger charge is 2.13. The molecule has 5 heteroatoms. The van der Waals surface area contributed by atoms with E-state index >= 15 is 0 Å². The van der Waals surface area contributed by atoms with Crippen LogP contribution in [0.4, 0.5) is 0 Å². The van der Waals surface area contributed by atoms with Crippen LogP contribution in [-0.4, -0.2) is 26.5 Å². The van der Waals surface area contributed by atoms with E-state index in [1.807, 2.05) is 23.0 Å². The second-order valence-corrected chi connectivity index (χ2v) is 8.16. The summed E-state index contributed by atoms with van der Waals surface area (Å²) in [4.78, 5) is 5.16. The fraction of sp³-hybridized carbons (Fsp3) is 0.185. The maximum atomic E-state index is 4.83. The molecule has 5 aromatic rings. The molecule has 0 spiro atoms. The van der Waals surface area contributed by atoms with Gasteiger partial charge in [0.05, 0.1) is 6.54 Å². The number of aromatic amines is 1. The first kappa shape index (κ1) is 20.2. The first-order valence-electron chi connectivity index (χ1n) is 11.1. The van der Waals surface area contributed by atoms with Crippen molar-refractivity contribution in [2.45, 2.75) is 26.4 Å². The Bertz CT molecular complexity index is 1300. The number of hydrogen-bond donors (Lipinski definition) is 2. The van der Waals surface area contributed by atoms with E-state index in [0.717, 1.165) is 29.9 Å². The fourth-order valence-corrected chi connectivity index (χ4v) is 4.02. The summed E-state index contributed by atoms with van der Waals surface area (Å²) in [6, 6.07) is 27.3. The van der Waals surface area contributed by atoms with Crippen molar-refractivity contribution in [3.05, 3.63) is 107 Å². The summed E-state index contributed by atoms with van der Waals surface area (Å²) in [6.45, 7) is 4.32. The number of rotatable bonds is 8. The SMILES string of the molecule is Cc1ccc(Cn2nc(CNCCc3c[nH]c4ccccc34)c(-c3ccccc3)n2)cc1. The third-order valence-corrected chi connectivity index (χ3v) is 5.76. The standard InChI is InChI=1S/C27H27N5/c1-20-11-13-21(14-12-20)19-32-30-26(27(31-32)22-7-3-2-4-8-22)18-28-16-15-23-17-29-25-10-6-5-9-24(23)25/h2-14,17,28-29H,15-16,18-19H2,1H3. The molecule has 0 aliphatic rings. The lowest BCUT2D eigenvalue weighted by Crippen LogP contribution is -2.17. The van der Waals surface area contributed by atoms with Crippen LogP contribution in [0.25, 0.3) is 22.2 Å². The smallest absolute Gasteiger partial charge is 0.117 e. The zero-order valence-corrected chi connectivity index (χ0v) is 18.3. The van der Waals surface area contributed by atoms with E-state index in [4.69, 9.17) is 10.2 Å². The molecular weight excluding hydrogens is 394 g/mol. The van der Waals surface area contributed by atoms with E-state index < -0.39 is 0 Å². The molecule has 2 N–H and O–H groups in total. The lowest BCUT2D eigenvalue weighted by atomic mass is 10.1.